The minimum absolute atomic E-state index is 0.0712. The van der Waals surface area contributed by atoms with Crippen LogP contribution in [0.4, 0.5) is 0 Å². The molecule has 0 amide bonds. The van der Waals surface area contributed by atoms with Crippen molar-refractivity contribution in [1.29, 1.82) is 0 Å². The topological polar surface area (TPSA) is 37.3 Å². The van der Waals surface area contributed by atoms with Crippen LogP contribution < -0.4 is 0 Å². The largest absolute Gasteiger partial charge is 0.478 e. The third-order valence-corrected chi connectivity index (χ3v) is 8.65. The molecule has 5 heteroatoms. The molecule has 0 atom stereocenters. The molecule has 1 N–H and O–H groups in total. The van der Waals surface area contributed by atoms with Crippen molar-refractivity contribution in [2.75, 3.05) is 0 Å². The first kappa shape index (κ1) is 19.3. The molecule has 0 aliphatic rings. The van der Waals surface area contributed by atoms with Crippen LogP contribution in [-0.2, 0) is 10.8 Å². The molecule has 3 heterocycles. The van der Waals surface area contributed by atoms with E-state index in [2.05, 4.69) is 65.8 Å². The molecule has 26 heavy (non-hydrogen) atoms. The van der Waals surface area contributed by atoms with Gasteiger partial charge in [-0.05, 0) is 41.2 Å². The average molecular weight is 405 g/mol. The Morgan fingerprint density at radius 3 is 1.73 bits per heavy atom. The molecule has 0 aromatic carbocycles. The summed E-state index contributed by atoms with van der Waals surface area (Å²) in [5.74, 6) is -0.860. The van der Waals surface area contributed by atoms with Gasteiger partial charge in [-0.3, -0.25) is 0 Å². The fourth-order valence-electron chi connectivity index (χ4n) is 2.59. The number of carboxylic acids is 1. The van der Waals surface area contributed by atoms with Crippen LogP contribution in [-0.4, -0.2) is 11.1 Å². The summed E-state index contributed by atoms with van der Waals surface area (Å²) in [6, 6.07) is 10.3. The molecule has 0 aliphatic heterocycles. The van der Waals surface area contributed by atoms with Gasteiger partial charge in [0.1, 0.15) is 0 Å². The summed E-state index contributed by atoms with van der Waals surface area (Å²) in [6.07, 6.45) is 0. The predicted octanol–water partition coefficient (Wildman–Crippen LogP) is 7.50. The second-order valence-corrected chi connectivity index (χ2v) is 11.7. The van der Waals surface area contributed by atoms with Gasteiger partial charge in [0.25, 0.3) is 0 Å². The molecule has 0 bridgehead atoms. The van der Waals surface area contributed by atoms with Gasteiger partial charge in [-0.1, -0.05) is 41.5 Å². The molecule has 0 saturated heterocycles. The van der Waals surface area contributed by atoms with Crippen molar-refractivity contribution in [3.05, 3.63) is 45.6 Å². The Kier molecular flexibility index (Phi) is 4.93. The number of thiophene rings is 3. The Morgan fingerprint density at radius 2 is 1.27 bits per heavy atom. The first-order chi connectivity index (χ1) is 12.0. The van der Waals surface area contributed by atoms with Crippen LogP contribution in [0, 0.1) is 0 Å². The van der Waals surface area contributed by atoms with Gasteiger partial charge in [0.15, 0.2) is 0 Å². The van der Waals surface area contributed by atoms with Gasteiger partial charge in [0, 0.05) is 24.4 Å². The second-order valence-electron chi connectivity index (χ2n) is 8.49. The van der Waals surface area contributed by atoms with Crippen molar-refractivity contribution in [1.82, 2.24) is 0 Å². The van der Waals surface area contributed by atoms with Crippen molar-refractivity contribution in [2.45, 2.75) is 52.4 Å². The zero-order valence-electron chi connectivity index (χ0n) is 16.0. The van der Waals surface area contributed by atoms with E-state index < -0.39 is 5.97 Å². The van der Waals surface area contributed by atoms with E-state index >= 15 is 0 Å². The third kappa shape index (κ3) is 3.80. The van der Waals surface area contributed by atoms with Crippen LogP contribution in [0.2, 0.25) is 0 Å². The van der Waals surface area contributed by atoms with Crippen molar-refractivity contribution in [2.24, 2.45) is 0 Å². The summed E-state index contributed by atoms with van der Waals surface area (Å²) in [4.78, 5) is 18.5. The molecule has 0 spiro atoms. The SMILES string of the molecule is CC(C)(C)c1ccc(-c2cc(C(=O)O)c(-c3ccc(C(C)(C)C)s3)s2)s1. The predicted molar refractivity (Wildman–Crippen MR) is 115 cm³/mol. The highest BCUT2D eigenvalue weighted by Gasteiger charge is 2.23. The van der Waals surface area contributed by atoms with Crippen LogP contribution in [0.3, 0.4) is 0 Å². The minimum atomic E-state index is -0.860. The zero-order chi connectivity index (χ0) is 19.3. The molecule has 0 radical (unpaired) electrons. The summed E-state index contributed by atoms with van der Waals surface area (Å²) in [6.45, 7) is 13.1. The lowest BCUT2D eigenvalue weighted by Gasteiger charge is -2.15. The molecular weight excluding hydrogens is 380 g/mol. The maximum absolute atomic E-state index is 11.8. The molecule has 3 aromatic heterocycles. The first-order valence-electron chi connectivity index (χ1n) is 8.55. The number of hydrogen-bond acceptors (Lipinski definition) is 4. The summed E-state index contributed by atoms with van der Waals surface area (Å²) in [5.41, 5.74) is 0.577. The normalized spacial score (nSPS) is 12.5. The number of hydrogen-bond donors (Lipinski definition) is 1. The number of rotatable bonds is 3. The Labute approximate surface area is 167 Å². The van der Waals surface area contributed by atoms with Crippen molar-refractivity contribution in [3.8, 4) is 19.5 Å². The van der Waals surface area contributed by atoms with Gasteiger partial charge in [0.05, 0.1) is 10.4 Å². The van der Waals surface area contributed by atoms with Crippen LogP contribution in [0.15, 0.2) is 30.3 Å². The summed E-state index contributed by atoms with van der Waals surface area (Å²) in [5, 5.41) is 9.70. The second kappa shape index (κ2) is 6.63. The Balaban J connectivity index is 2.06. The first-order valence-corrected chi connectivity index (χ1v) is 11.0. The zero-order valence-corrected chi connectivity index (χ0v) is 18.4. The van der Waals surface area contributed by atoms with Gasteiger partial charge in [-0.15, -0.1) is 34.0 Å². The molecule has 0 unspecified atom stereocenters. The maximum Gasteiger partial charge on any atom is 0.337 e. The Hall–Kier alpha value is -1.43. The van der Waals surface area contributed by atoms with E-state index in [1.807, 2.05) is 6.07 Å². The fraction of sp³-hybridized carbons (Fsp3) is 0.381. The molecule has 0 saturated carbocycles. The van der Waals surface area contributed by atoms with E-state index in [4.69, 9.17) is 0 Å². The number of aromatic carboxylic acids is 1. The summed E-state index contributed by atoms with van der Waals surface area (Å²) >= 11 is 5.03. The van der Waals surface area contributed by atoms with Gasteiger partial charge in [-0.25, -0.2) is 4.79 Å². The van der Waals surface area contributed by atoms with Gasteiger partial charge < -0.3 is 5.11 Å². The molecule has 0 aliphatic carbocycles. The average Bonchev–Trinajstić information content (AvgIpc) is 3.23. The highest BCUT2D eigenvalue weighted by molar-refractivity contribution is 7.26. The van der Waals surface area contributed by atoms with E-state index in [0.717, 1.165) is 19.5 Å². The lowest BCUT2D eigenvalue weighted by molar-refractivity contribution is 0.0698. The minimum Gasteiger partial charge on any atom is -0.478 e. The van der Waals surface area contributed by atoms with E-state index in [1.165, 1.54) is 9.75 Å². The van der Waals surface area contributed by atoms with E-state index in [1.54, 1.807) is 34.0 Å². The standard InChI is InChI=1S/C21H24O2S3/c1-20(2,3)16-9-7-13(24-16)15-11-12(19(22)23)18(26-15)14-8-10-17(25-14)21(4,5)6/h7-11H,1-6H3,(H,22,23). The summed E-state index contributed by atoms with van der Waals surface area (Å²) in [7, 11) is 0. The molecular formula is C21H24O2S3. The van der Waals surface area contributed by atoms with Crippen molar-refractivity contribution in [3.63, 3.8) is 0 Å². The van der Waals surface area contributed by atoms with Gasteiger partial charge >= 0.3 is 5.97 Å². The quantitative estimate of drug-likeness (QED) is 0.491. The lowest BCUT2D eigenvalue weighted by atomic mass is 9.95. The molecule has 3 rings (SSSR count). The smallest absolute Gasteiger partial charge is 0.337 e. The van der Waals surface area contributed by atoms with E-state index in [0.29, 0.717) is 5.56 Å². The van der Waals surface area contributed by atoms with Crippen molar-refractivity contribution < 1.29 is 9.90 Å². The highest BCUT2D eigenvalue weighted by atomic mass is 32.1. The molecule has 0 fully saturated rings. The Bertz CT molecular complexity index is 943. The number of carbonyl (C=O) groups is 1. The van der Waals surface area contributed by atoms with E-state index in [-0.39, 0.29) is 10.8 Å². The fourth-order valence-corrected chi connectivity index (χ4v) is 6.07. The molecule has 2 nitrogen and oxygen atoms in total. The van der Waals surface area contributed by atoms with Crippen LogP contribution >= 0.6 is 34.0 Å². The Morgan fingerprint density at radius 1 is 0.769 bits per heavy atom. The molecule has 138 valence electrons. The van der Waals surface area contributed by atoms with Crippen molar-refractivity contribution >= 4 is 40.0 Å². The monoisotopic (exact) mass is 404 g/mol. The van der Waals surface area contributed by atoms with Crippen LogP contribution in [0.5, 0.6) is 0 Å². The maximum atomic E-state index is 11.8. The highest BCUT2D eigenvalue weighted by Crippen LogP contribution is 2.45. The number of carboxylic acid groups (broad SMARTS) is 1. The van der Waals surface area contributed by atoms with Gasteiger partial charge in [-0.2, -0.15) is 0 Å². The summed E-state index contributed by atoms with van der Waals surface area (Å²) < 4.78 is 0. The van der Waals surface area contributed by atoms with E-state index in [9.17, 15) is 9.90 Å². The lowest BCUT2D eigenvalue weighted by Crippen LogP contribution is -2.07. The van der Waals surface area contributed by atoms with Crippen LogP contribution in [0.25, 0.3) is 19.5 Å². The van der Waals surface area contributed by atoms with Crippen LogP contribution in [0.1, 0.15) is 61.7 Å². The van der Waals surface area contributed by atoms with Gasteiger partial charge in [0.2, 0.25) is 0 Å². The molecule has 3 aromatic rings. The third-order valence-electron chi connectivity index (χ3n) is 4.12.